The lowest BCUT2D eigenvalue weighted by Gasteiger charge is -2.27. The van der Waals surface area contributed by atoms with E-state index in [-0.39, 0.29) is 24.7 Å². The number of nitrogens with two attached hydrogens (primary N) is 1. The Balaban J connectivity index is 0.00000341. The van der Waals surface area contributed by atoms with Gasteiger partial charge in [-0.15, -0.1) is 12.4 Å². The van der Waals surface area contributed by atoms with E-state index in [4.69, 9.17) is 14.9 Å². The molecule has 3 rings (SSSR count). The van der Waals surface area contributed by atoms with Crippen LogP contribution in [0.15, 0.2) is 59.2 Å². The van der Waals surface area contributed by atoms with Crippen LogP contribution in [0.5, 0.6) is 11.5 Å². The van der Waals surface area contributed by atoms with E-state index in [0.717, 1.165) is 11.3 Å². The normalized spacial score (nSPS) is 12.5. The third-order valence-corrected chi connectivity index (χ3v) is 4.90. The molecule has 0 amide bonds. The number of aliphatic hydroxyl groups excluding tert-OH is 3. The molecule has 168 valence electrons. The second-order valence-corrected chi connectivity index (χ2v) is 7.82. The van der Waals surface area contributed by atoms with Crippen LogP contribution in [-0.4, -0.2) is 39.1 Å². The molecule has 1 unspecified atom stereocenters. The van der Waals surface area contributed by atoms with Crippen molar-refractivity contribution in [3.63, 3.8) is 0 Å². The second-order valence-electron chi connectivity index (χ2n) is 7.82. The van der Waals surface area contributed by atoms with Crippen molar-refractivity contribution in [2.45, 2.75) is 37.8 Å². The molecule has 0 aliphatic carbocycles. The number of aromatic nitrogens is 1. The molecule has 1 aromatic heterocycles. The van der Waals surface area contributed by atoms with Crippen LogP contribution in [-0.2, 0) is 0 Å². The van der Waals surface area contributed by atoms with E-state index in [0.29, 0.717) is 23.0 Å². The minimum atomic E-state index is -1.23. The maximum absolute atomic E-state index is 10.3. The molecule has 31 heavy (non-hydrogen) atoms. The monoisotopic (exact) mass is 448 g/mol. The number of rotatable bonds is 9. The van der Waals surface area contributed by atoms with E-state index in [1.54, 1.807) is 30.5 Å². The molecule has 2 aromatic carbocycles. The molecular formula is C23H29ClN2O5. The number of hydrogen-bond donors (Lipinski definition) is 4. The van der Waals surface area contributed by atoms with Crippen molar-refractivity contribution in [1.29, 1.82) is 0 Å². The highest BCUT2D eigenvalue weighted by Gasteiger charge is 2.27. The van der Waals surface area contributed by atoms with Crippen LogP contribution < -0.4 is 10.5 Å². The number of oxazole rings is 1. The Hall–Kier alpha value is -2.42. The second kappa shape index (κ2) is 10.7. The van der Waals surface area contributed by atoms with Crippen LogP contribution in [0.1, 0.15) is 43.7 Å². The van der Waals surface area contributed by atoms with Crippen molar-refractivity contribution < 1.29 is 24.5 Å². The van der Waals surface area contributed by atoms with Crippen LogP contribution in [0.2, 0.25) is 0 Å². The Bertz CT molecular complexity index is 937. The average molecular weight is 449 g/mol. The Morgan fingerprint density at radius 2 is 1.55 bits per heavy atom. The van der Waals surface area contributed by atoms with Gasteiger partial charge in [0, 0.05) is 11.5 Å². The Morgan fingerprint density at radius 3 is 2.03 bits per heavy atom. The molecule has 0 aliphatic heterocycles. The van der Waals surface area contributed by atoms with Crippen molar-refractivity contribution in [2.75, 3.05) is 13.2 Å². The summed E-state index contributed by atoms with van der Waals surface area (Å²) in [4.78, 5) is 4.49. The van der Waals surface area contributed by atoms with Crippen LogP contribution >= 0.6 is 12.4 Å². The van der Waals surface area contributed by atoms with Gasteiger partial charge in [-0.2, -0.15) is 0 Å². The van der Waals surface area contributed by atoms with Crippen LogP contribution in [0.3, 0.4) is 0 Å². The molecule has 0 bridgehead atoms. The molecular weight excluding hydrogens is 420 g/mol. The van der Waals surface area contributed by atoms with E-state index in [1.165, 1.54) is 0 Å². The van der Waals surface area contributed by atoms with E-state index in [1.807, 2.05) is 38.1 Å². The zero-order valence-corrected chi connectivity index (χ0v) is 18.4. The molecule has 0 aliphatic rings. The van der Waals surface area contributed by atoms with Crippen molar-refractivity contribution in [1.82, 2.24) is 4.98 Å². The van der Waals surface area contributed by atoms with Crippen LogP contribution in [0.4, 0.5) is 0 Å². The largest absolute Gasteiger partial charge is 0.457 e. The lowest BCUT2D eigenvalue weighted by atomic mass is 9.92. The lowest BCUT2D eigenvalue weighted by molar-refractivity contribution is 0.0618. The number of ether oxygens (including phenoxy) is 1. The van der Waals surface area contributed by atoms with Gasteiger partial charge >= 0.3 is 0 Å². The SMILES string of the molecule is CC(C)c1nc(-c2ccc(Oc3ccc(C(O)CC(N)(CO)CO)cc3)cc2)co1.Cl. The topological polar surface area (TPSA) is 122 Å². The fourth-order valence-electron chi connectivity index (χ4n) is 2.96. The number of halogens is 1. The summed E-state index contributed by atoms with van der Waals surface area (Å²) in [5, 5.41) is 28.9. The molecule has 0 saturated heterocycles. The van der Waals surface area contributed by atoms with Crippen molar-refractivity contribution >= 4 is 12.4 Å². The summed E-state index contributed by atoms with van der Waals surface area (Å²) in [6, 6.07) is 14.5. The van der Waals surface area contributed by atoms with Gasteiger partial charge in [-0.3, -0.25) is 0 Å². The molecule has 5 N–H and O–H groups in total. The summed E-state index contributed by atoms with van der Waals surface area (Å²) >= 11 is 0. The van der Waals surface area contributed by atoms with Gasteiger partial charge in [-0.1, -0.05) is 26.0 Å². The summed E-state index contributed by atoms with van der Waals surface area (Å²) < 4.78 is 11.3. The first-order chi connectivity index (χ1) is 14.3. The Kier molecular flexibility index (Phi) is 8.61. The van der Waals surface area contributed by atoms with Gasteiger partial charge in [-0.05, 0) is 48.4 Å². The average Bonchev–Trinajstić information content (AvgIpc) is 3.25. The number of nitrogens with zero attached hydrogens (tertiary/aromatic N) is 1. The molecule has 1 atom stereocenters. The summed E-state index contributed by atoms with van der Waals surface area (Å²) in [7, 11) is 0. The van der Waals surface area contributed by atoms with Gasteiger partial charge in [0.2, 0.25) is 0 Å². The fourth-order valence-corrected chi connectivity index (χ4v) is 2.96. The van der Waals surface area contributed by atoms with Gasteiger partial charge < -0.3 is 30.2 Å². The van der Waals surface area contributed by atoms with E-state index >= 15 is 0 Å². The molecule has 0 radical (unpaired) electrons. The maximum Gasteiger partial charge on any atom is 0.197 e. The quantitative estimate of drug-likeness (QED) is 0.393. The van der Waals surface area contributed by atoms with Crippen molar-refractivity contribution in [2.24, 2.45) is 5.73 Å². The maximum atomic E-state index is 10.3. The minimum Gasteiger partial charge on any atom is -0.457 e. The molecule has 7 nitrogen and oxygen atoms in total. The lowest BCUT2D eigenvalue weighted by Crippen LogP contribution is -2.48. The number of benzene rings is 2. The first-order valence-electron chi connectivity index (χ1n) is 9.86. The highest BCUT2D eigenvalue weighted by molar-refractivity contribution is 5.85. The van der Waals surface area contributed by atoms with Crippen LogP contribution in [0.25, 0.3) is 11.3 Å². The van der Waals surface area contributed by atoms with Crippen molar-refractivity contribution in [3.8, 4) is 22.8 Å². The molecule has 0 spiro atoms. The molecule has 0 saturated carbocycles. The highest BCUT2D eigenvalue weighted by Crippen LogP contribution is 2.29. The third-order valence-electron chi connectivity index (χ3n) is 4.90. The highest BCUT2D eigenvalue weighted by atomic mass is 35.5. The van der Waals surface area contributed by atoms with Crippen molar-refractivity contribution in [3.05, 3.63) is 66.2 Å². The van der Waals surface area contributed by atoms with Gasteiger partial charge in [-0.25, -0.2) is 4.98 Å². The van der Waals surface area contributed by atoms with Gasteiger partial charge in [0.15, 0.2) is 5.89 Å². The summed E-state index contributed by atoms with van der Waals surface area (Å²) in [5.41, 5.74) is 6.96. The molecule has 3 aromatic rings. The fraction of sp³-hybridized carbons (Fsp3) is 0.348. The van der Waals surface area contributed by atoms with Crippen LogP contribution in [0, 0.1) is 0 Å². The number of aliphatic hydroxyl groups is 3. The molecule has 1 heterocycles. The standard InChI is InChI=1S/C23H28N2O5.ClH/c1-15(2)22-25-20(12-29-22)16-3-7-18(8-4-16)30-19-9-5-17(6-10-19)21(28)11-23(24,13-26)14-27;/h3-10,12,15,21,26-28H,11,13-14,24H2,1-2H3;1H. The summed E-state index contributed by atoms with van der Waals surface area (Å²) in [5.74, 6) is 2.22. The summed E-state index contributed by atoms with van der Waals surface area (Å²) in [6.07, 6.45) is 0.793. The van der Waals surface area contributed by atoms with E-state index in [9.17, 15) is 15.3 Å². The van der Waals surface area contributed by atoms with Gasteiger partial charge in [0.1, 0.15) is 23.5 Å². The third kappa shape index (κ3) is 6.29. The zero-order valence-electron chi connectivity index (χ0n) is 17.6. The van der Waals surface area contributed by atoms with E-state index in [2.05, 4.69) is 4.98 Å². The predicted octanol–water partition coefficient (Wildman–Crippen LogP) is 3.78. The first kappa shape index (κ1) is 24.8. The predicted molar refractivity (Wildman–Crippen MR) is 120 cm³/mol. The first-order valence-corrected chi connectivity index (χ1v) is 9.86. The van der Waals surface area contributed by atoms with Gasteiger partial charge in [0.05, 0.1) is 24.9 Å². The zero-order chi connectivity index (χ0) is 21.7. The molecule has 8 heteroatoms. The smallest absolute Gasteiger partial charge is 0.197 e. The summed E-state index contributed by atoms with van der Waals surface area (Å²) in [6.45, 7) is 3.24. The Labute approximate surface area is 187 Å². The minimum absolute atomic E-state index is 0. The van der Waals surface area contributed by atoms with E-state index < -0.39 is 24.9 Å². The molecule has 0 fully saturated rings. The van der Waals surface area contributed by atoms with Gasteiger partial charge in [0.25, 0.3) is 0 Å². The number of hydrogen-bond acceptors (Lipinski definition) is 7. The Morgan fingerprint density at radius 1 is 1.00 bits per heavy atom.